The average Bonchev–Trinajstić information content (AvgIpc) is 2.55. The van der Waals surface area contributed by atoms with Crippen molar-refractivity contribution >= 4 is 17.4 Å². The highest BCUT2D eigenvalue weighted by Gasteiger charge is 2.10. The third-order valence-electron chi connectivity index (χ3n) is 3.23. The number of carbonyl (C=O) groups excluding carboxylic acids is 1. The van der Waals surface area contributed by atoms with Crippen LogP contribution in [-0.4, -0.2) is 30.5 Å². The highest BCUT2D eigenvalue weighted by atomic mass is 16.1. The van der Waals surface area contributed by atoms with Gasteiger partial charge in [-0.2, -0.15) is 0 Å². The molecule has 0 saturated carbocycles. The first kappa shape index (κ1) is 15.0. The van der Waals surface area contributed by atoms with Gasteiger partial charge in [-0.05, 0) is 31.2 Å². The molecule has 0 bridgehead atoms. The zero-order valence-corrected chi connectivity index (χ0v) is 12.3. The van der Waals surface area contributed by atoms with Gasteiger partial charge in [-0.1, -0.05) is 18.2 Å². The Morgan fingerprint density at radius 3 is 2.57 bits per heavy atom. The van der Waals surface area contributed by atoms with Gasteiger partial charge in [0, 0.05) is 31.5 Å². The fraction of sp³-hybridized carbons (Fsp3) is 0.250. The van der Waals surface area contributed by atoms with Crippen molar-refractivity contribution < 1.29 is 4.79 Å². The summed E-state index contributed by atoms with van der Waals surface area (Å²) in [6.07, 6.45) is 1.58. The highest BCUT2D eigenvalue weighted by molar-refractivity contribution is 5.94. The van der Waals surface area contributed by atoms with E-state index in [-0.39, 0.29) is 11.9 Å². The Balaban J connectivity index is 2.10. The van der Waals surface area contributed by atoms with Crippen molar-refractivity contribution in [2.24, 2.45) is 5.73 Å². The SMILES string of the molecule is C[C@@H](CN)NC(=O)c1ccc(N(C)c2ccccc2)nc1. The van der Waals surface area contributed by atoms with E-state index in [4.69, 9.17) is 5.73 Å². The minimum atomic E-state index is -0.158. The van der Waals surface area contributed by atoms with Crippen LogP contribution < -0.4 is 16.0 Å². The van der Waals surface area contributed by atoms with Crippen LogP contribution in [0.2, 0.25) is 0 Å². The number of nitrogens with one attached hydrogen (secondary N) is 1. The molecular weight excluding hydrogens is 264 g/mol. The predicted octanol–water partition coefficient (Wildman–Crippen LogP) is 1.93. The van der Waals surface area contributed by atoms with Gasteiger partial charge in [0.1, 0.15) is 5.82 Å². The molecule has 1 atom stereocenters. The Bertz CT molecular complexity index is 583. The number of pyridine rings is 1. The van der Waals surface area contributed by atoms with Crippen molar-refractivity contribution in [1.29, 1.82) is 0 Å². The van der Waals surface area contributed by atoms with Gasteiger partial charge in [-0.3, -0.25) is 4.79 Å². The first-order valence-electron chi connectivity index (χ1n) is 6.87. The summed E-state index contributed by atoms with van der Waals surface area (Å²) in [6.45, 7) is 2.27. The third-order valence-corrected chi connectivity index (χ3v) is 3.23. The first-order valence-corrected chi connectivity index (χ1v) is 6.87. The van der Waals surface area contributed by atoms with Crippen molar-refractivity contribution in [3.8, 4) is 0 Å². The molecule has 0 aliphatic carbocycles. The molecule has 0 unspecified atom stereocenters. The number of anilines is 2. The smallest absolute Gasteiger partial charge is 0.253 e. The number of rotatable bonds is 5. The molecule has 0 spiro atoms. The molecule has 3 N–H and O–H groups in total. The van der Waals surface area contributed by atoms with E-state index in [0.717, 1.165) is 11.5 Å². The normalized spacial score (nSPS) is 11.8. The number of nitrogens with two attached hydrogens (primary N) is 1. The Morgan fingerprint density at radius 2 is 2.00 bits per heavy atom. The van der Waals surface area contributed by atoms with Gasteiger partial charge in [0.15, 0.2) is 0 Å². The van der Waals surface area contributed by atoms with Gasteiger partial charge < -0.3 is 16.0 Å². The first-order chi connectivity index (χ1) is 10.1. The molecule has 0 fully saturated rings. The summed E-state index contributed by atoms with van der Waals surface area (Å²) in [6, 6.07) is 13.5. The van der Waals surface area contributed by atoms with E-state index in [9.17, 15) is 4.79 Å². The topological polar surface area (TPSA) is 71.2 Å². The molecule has 110 valence electrons. The van der Waals surface area contributed by atoms with E-state index in [2.05, 4.69) is 10.3 Å². The van der Waals surface area contributed by atoms with Crippen molar-refractivity contribution in [1.82, 2.24) is 10.3 Å². The highest BCUT2D eigenvalue weighted by Crippen LogP contribution is 2.20. The van der Waals surface area contributed by atoms with Crippen molar-refractivity contribution in [3.05, 3.63) is 54.2 Å². The van der Waals surface area contributed by atoms with Crippen LogP contribution in [0.5, 0.6) is 0 Å². The molecule has 1 aromatic heterocycles. The number of hydrogen-bond donors (Lipinski definition) is 2. The molecule has 1 heterocycles. The zero-order chi connectivity index (χ0) is 15.2. The predicted molar refractivity (Wildman–Crippen MR) is 84.7 cm³/mol. The lowest BCUT2D eigenvalue weighted by Crippen LogP contribution is -2.37. The fourth-order valence-electron chi connectivity index (χ4n) is 1.87. The summed E-state index contributed by atoms with van der Waals surface area (Å²) in [5.41, 5.74) is 7.06. The molecule has 2 rings (SSSR count). The van der Waals surface area contributed by atoms with Crippen LogP contribution in [0.4, 0.5) is 11.5 Å². The van der Waals surface area contributed by atoms with Crippen LogP contribution in [0.1, 0.15) is 17.3 Å². The molecule has 2 aromatic rings. The fourth-order valence-corrected chi connectivity index (χ4v) is 1.87. The standard InChI is InChI=1S/C16H20N4O/c1-12(10-17)19-16(21)13-8-9-15(18-11-13)20(2)14-6-4-3-5-7-14/h3-9,11-12H,10,17H2,1-2H3,(H,19,21)/t12-/m0/s1. The quantitative estimate of drug-likeness (QED) is 0.880. The summed E-state index contributed by atoms with van der Waals surface area (Å²) in [4.78, 5) is 18.3. The Hall–Kier alpha value is -2.40. The van der Waals surface area contributed by atoms with E-state index < -0.39 is 0 Å². The maximum atomic E-state index is 11.9. The van der Waals surface area contributed by atoms with Gasteiger partial charge in [-0.15, -0.1) is 0 Å². The van der Waals surface area contributed by atoms with E-state index in [1.54, 1.807) is 12.3 Å². The molecule has 0 aliphatic heterocycles. The number of benzene rings is 1. The molecule has 5 nitrogen and oxygen atoms in total. The van der Waals surface area contributed by atoms with Gasteiger partial charge in [-0.25, -0.2) is 4.98 Å². The molecule has 1 aromatic carbocycles. The van der Waals surface area contributed by atoms with Crippen LogP contribution >= 0.6 is 0 Å². The van der Waals surface area contributed by atoms with Gasteiger partial charge >= 0.3 is 0 Å². The summed E-state index contributed by atoms with van der Waals surface area (Å²) >= 11 is 0. The molecule has 0 radical (unpaired) electrons. The Kier molecular flexibility index (Phi) is 4.90. The summed E-state index contributed by atoms with van der Waals surface area (Å²) < 4.78 is 0. The maximum Gasteiger partial charge on any atom is 0.253 e. The van der Waals surface area contributed by atoms with Gasteiger partial charge in [0.2, 0.25) is 0 Å². The lowest BCUT2D eigenvalue weighted by atomic mass is 10.2. The van der Waals surface area contributed by atoms with Gasteiger partial charge in [0.05, 0.1) is 5.56 Å². The van der Waals surface area contributed by atoms with E-state index in [1.165, 1.54) is 0 Å². The van der Waals surface area contributed by atoms with Crippen LogP contribution in [0.3, 0.4) is 0 Å². The number of nitrogens with zero attached hydrogens (tertiary/aromatic N) is 2. The minimum absolute atomic E-state index is 0.0517. The molecule has 0 aliphatic rings. The van der Waals surface area contributed by atoms with Crippen LogP contribution in [0, 0.1) is 0 Å². The third kappa shape index (κ3) is 3.79. The second-order valence-corrected chi connectivity index (χ2v) is 4.91. The van der Waals surface area contributed by atoms with E-state index in [0.29, 0.717) is 12.1 Å². The van der Waals surface area contributed by atoms with Crippen LogP contribution in [-0.2, 0) is 0 Å². The monoisotopic (exact) mass is 284 g/mol. The Labute approximate surface area is 124 Å². The van der Waals surface area contributed by atoms with Crippen LogP contribution in [0.25, 0.3) is 0 Å². The van der Waals surface area contributed by atoms with Crippen molar-refractivity contribution in [3.63, 3.8) is 0 Å². The summed E-state index contributed by atoms with van der Waals surface area (Å²) in [5.74, 6) is 0.624. The Morgan fingerprint density at radius 1 is 1.29 bits per heavy atom. The summed E-state index contributed by atoms with van der Waals surface area (Å²) in [7, 11) is 1.94. The van der Waals surface area contributed by atoms with Gasteiger partial charge in [0.25, 0.3) is 5.91 Å². The number of carbonyl (C=O) groups is 1. The van der Waals surface area contributed by atoms with Crippen LogP contribution in [0.15, 0.2) is 48.7 Å². The summed E-state index contributed by atoms with van der Waals surface area (Å²) in [5, 5.41) is 2.81. The minimum Gasteiger partial charge on any atom is -0.348 e. The molecule has 1 amide bonds. The largest absolute Gasteiger partial charge is 0.348 e. The number of para-hydroxylation sites is 1. The second kappa shape index (κ2) is 6.85. The number of aromatic nitrogens is 1. The maximum absolute atomic E-state index is 11.9. The number of amides is 1. The molecule has 21 heavy (non-hydrogen) atoms. The lowest BCUT2D eigenvalue weighted by Gasteiger charge is -2.18. The zero-order valence-electron chi connectivity index (χ0n) is 12.3. The molecular formula is C16H20N4O. The van der Waals surface area contributed by atoms with Crippen molar-refractivity contribution in [2.45, 2.75) is 13.0 Å². The van der Waals surface area contributed by atoms with E-state index in [1.807, 2.05) is 55.3 Å². The second-order valence-electron chi connectivity index (χ2n) is 4.91. The van der Waals surface area contributed by atoms with E-state index >= 15 is 0 Å². The number of hydrogen-bond acceptors (Lipinski definition) is 4. The molecule has 0 saturated heterocycles. The molecule has 5 heteroatoms. The average molecular weight is 284 g/mol. The van der Waals surface area contributed by atoms with Crippen molar-refractivity contribution in [2.75, 3.05) is 18.5 Å². The lowest BCUT2D eigenvalue weighted by molar-refractivity contribution is 0.0941.